The topological polar surface area (TPSA) is 85.2 Å². The van der Waals surface area contributed by atoms with Crippen LogP contribution in [-0.4, -0.2) is 26.3 Å². The molecule has 0 unspecified atom stereocenters. The number of ether oxygens (including phenoxy) is 1. The molecule has 8 heteroatoms. The van der Waals surface area contributed by atoms with Gasteiger partial charge >= 0.3 is 0 Å². The van der Waals surface area contributed by atoms with Gasteiger partial charge in [0, 0.05) is 11.3 Å². The molecular formula is C25H19N5O2S. The molecule has 2 aromatic heterocycles. The number of nitriles is 1. The fraction of sp³-hybridized carbons (Fsp3) is 0.120. The average Bonchev–Trinajstić information content (AvgIpc) is 3.29. The molecule has 162 valence electrons. The van der Waals surface area contributed by atoms with Crippen LogP contribution in [0.4, 0.5) is 0 Å². The summed E-state index contributed by atoms with van der Waals surface area (Å²) in [6.07, 6.45) is 0. The van der Waals surface area contributed by atoms with E-state index in [9.17, 15) is 10.1 Å². The van der Waals surface area contributed by atoms with Crippen molar-refractivity contribution in [3.8, 4) is 11.8 Å². The highest BCUT2D eigenvalue weighted by Crippen LogP contribution is 2.26. The minimum atomic E-state index is -0.136. The Balaban J connectivity index is 1.65. The van der Waals surface area contributed by atoms with Crippen LogP contribution < -0.4 is 10.3 Å². The first-order valence-corrected chi connectivity index (χ1v) is 11.3. The summed E-state index contributed by atoms with van der Waals surface area (Å²) in [6, 6.07) is 24.8. The fourth-order valence-electron chi connectivity index (χ4n) is 3.87. The summed E-state index contributed by atoms with van der Waals surface area (Å²) in [5, 5.41) is 19.4. The molecule has 0 atom stereocenters. The van der Waals surface area contributed by atoms with E-state index >= 15 is 0 Å². The molecule has 0 aliphatic carbocycles. The van der Waals surface area contributed by atoms with Crippen molar-refractivity contribution in [2.75, 3.05) is 7.11 Å². The van der Waals surface area contributed by atoms with Crippen molar-refractivity contribution in [3.05, 3.63) is 99.8 Å². The number of rotatable bonds is 6. The maximum Gasteiger partial charge on any atom is 0.263 e. The standard InChI is InChI=1S/C25H19N5O2S/c1-32-22-13-7-4-9-18(22)15-29-23(31)20-11-5-6-12-21(20)30-24(29)27-28-25(30)33-16-19-10-3-2-8-17(19)14-26/h2-13H,15-16H2,1H3. The van der Waals surface area contributed by atoms with E-state index in [0.717, 1.165) is 16.6 Å². The average molecular weight is 454 g/mol. The number of aromatic nitrogens is 4. The van der Waals surface area contributed by atoms with Gasteiger partial charge in [-0.1, -0.05) is 60.3 Å². The smallest absolute Gasteiger partial charge is 0.263 e. The van der Waals surface area contributed by atoms with Gasteiger partial charge in [-0.15, -0.1) is 10.2 Å². The molecule has 2 heterocycles. The van der Waals surface area contributed by atoms with Crippen LogP contribution in [0.25, 0.3) is 16.7 Å². The van der Waals surface area contributed by atoms with E-state index in [-0.39, 0.29) is 5.56 Å². The van der Waals surface area contributed by atoms with Crippen LogP contribution in [0.2, 0.25) is 0 Å². The maximum atomic E-state index is 13.4. The Hall–Kier alpha value is -4.09. The highest BCUT2D eigenvalue weighted by Gasteiger charge is 2.18. The van der Waals surface area contributed by atoms with Crippen molar-refractivity contribution >= 4 is 28.4 Å². The fourth-order valence-corrected chi connectivity index (χ4v) is 4.82. The summed E-state index contributed by atoms with van der Waals surface area (Å²) >= 11 is 1.48. The molecule has 7 nitrogen and oxygen atoms in total. The summed E-state index contributed by atoms with van der Waals surface area (Å²) < 4.78 is 9.02. The molecule has 0 saturated heterocycles. The molecule has 0 aliphatic heterocycles. The van der Waals surface area contributed by atoms with Crippen LogP contribution in [-0.2, 0) is 12.3 Å². The Labute approximate surface area is 193 Å². The molecule has 0 bridgehead atoms. The Bertz CT molecular complexity index is 1580. The quantitative estimate of drug-likeness (QED) is 0.357. The van der Waals surface area contributed by atoms with Gasteiger partial charge in [-0.25, -0.2) is 0 Å². The first-order chi connectivity index (χ1) is 16.2. The summed E-state index contributed by atoms with van der Waals surface area (Å²) in [4.78, 5) is 13.4. The Kier molecular flexibility index (Phi) is 5.55. The third kappa shape index (κ3) is 3.73. The van der Waals surface area contributed by atoms with Crippen molar-refractivity contribution in [1.82, 2.24) is 19.2 Å². The van der Waals surface area contributed by atoms with Crippen LogP contribution in [0.15, 0.2) is 82.7 Å². The highest BCUT2D eigenvalue weighted by molar-refractivity contribution is 7.98. The van der Waals surface area contributed by atoms with Gasteiger partial charge in [0.15, 0.2) is 5.16 Å². The molecule has 0 radical (unpaired) electrons. The second-order valence-electron chi connectivity index (χ2n) is 7.40. The summed E-state index contributed by atoms with van der Waals surface area (Å²) in [5.74, 6) is 1.73. The van der Waals surface area contributed by atoms with E-state index in [4.69, 9.17) is 4.74 Å². The van der Waals surface area contributed by atoms with E-state index < -0.39 is 0 Å². The monoisotopic (exact) mass is 453 g/mol. The van der Waals surface area contributed by atoms with Crippen LogP contribution in [0.5, 0.6) is 5.75 Å². The lowest BCUT2D eigenvalue weighted by Crippen LogP contribution is -2.24. The molecule has 0 fully saturated rings. The van der Waals surface area contributed by atoms with E-state index in [1.807, 2.05) is 71.1 Å². The van der Waals surface area contributed by atoms with Crippen LogP contribution >= 0.6 is 11.8 Å². The third-order valence-corrected chi connectivity index (χ3v) is 6.47. The van der Waals surface area contributed by atoms with Gasteiger partial charge in [-0.05, 0) is 29.8 Å². The molecular weight excluding hydrogens is 434 g/mol. The number of nitrogens with zero attached hydrogens (tertiary/aromatic N) is 5. The van der Waals surface area contributed by atoms with Gasteiger partial charge in [0.1, 0.15) is 5.75 Å². The molecule has 5 rings (SSSR count). The lowest BCUT2D eigenvalue weighted by Gasteiger charge is -2.13. The molecule has 0 spiro atoms. The number of hydrogen-bond acceptors (Lipinski definition) is 6. The highest BCUT2D eigenvalue weighted by atomic mass is 32.2. The molecule has 33 heavy (non-hydrogen) atoms. The molecule has 0 N–H and O–H groups in total. The van der Waals surface area contributed by atoms with Gasteiger partial charge in [-0.3, -0.25) is 13.8 Å². The first-order valence-electron chi connectivity index (χ1n) is 10.3. The zero-order valence-electron chi connectivity index (χ0n) is 17.8. The van der Waals surface area contributed by atoms with Crippen molar-refractivity contribution in [2.45, 2.75) is 17.5 Å². The van der Waals surface area contributed by atoms with E-state index in [0.29, 0.717) is 39.9 Å². The lowest BCUT2D eigenvalue weighted by molar-refractivity contribution is 0.408. The minimum absolute atomic E-state index is 0.136. The predicted molar refractivity (Wildman–Crippen MR) is 128 cm³/mol. The molecule has 0 aliphatic rings. The van der Waals surface area contributed by atoms with Crippen LogP contribution in [0.1, 0.15) is 16.7 Å². The van der Waals surface area contributed by atoms with Gasteiger partial charge in [0.05, 0.1) is 36.2 Å². The maximum absolute atomic E-state index is 13.4. The van der Waals surface area contributed by atoms with Crippen molar-refractivity contribution in [3.63, 3.8) is 0 Å². The number of thioether (sulfide) groups is 1. The van der Waals surface area contributed by atoms with E-state index in [1.165, 1.54) is 11.8 Å². The van der Waals surface area contributed by atoms with Gasteiger partial charge < -0.3 is 4.74 Å². The normalized spacial score (nSPS) is 11.0. The third-order valence-electron chi connectivity index (χ3n) is 5.49. The molecule has 0 saturated carbocycles. The molecule has 0 amide bonds. The number of hydrogen-bond donors (Lipinski definition) is 0. The summed E-state index contributed by atoms with van der Waals surface area (Å²) in [5.41, 5.74) is 3.04. The summed E-state index contributed by atoms with van der Waals surface area (Å²) in [7, 11) is 1.61. The Morgan fingerprint density at radius 1 is 0.970 bits per heavy atom. The second kappa shape index (κ2) is 8.81. The van der Waals surface area contributed by atoms with E-state index in [1.54, 1.807) is 17.7 Å². The summed E-state index contributed by atoms with van der Waals surface area (Å²) in [6.45, 7) is 0.303. The van der Waals surface area contributed by atoms with Crippen LogP contribution in [0, 0.1) is 11.3 Å². The van der Waals surface area contributed by atoms with Crippen LogP contribution in [0.3, 0.4) is 0 Å². The SMILES string of the molecule is COc1ccccc1Cn1c(=O)c2ccccc2n2c(SCc3ccccc3C#N)nnc12. The first kappa shape index (κ1) is 20.8. The van der Waals surface area contributed by atoms with Crippen molar-refractivity contribution < 1.29 is 4.74 Å². The largest absolute Gasteiger partial charge is 0.496 e. The Morgan fingerprint density at radius 3 is 2.52 bits per heavy atom. The number of benzene rings is 3. The zero-order chi connectivity index (χ0) is 22.8. The Morgan fingerprint density at radius 2 is 1.70 bits per heavy atom. The number of fused-ring (bicyclic) bond motifs is 3. The minimum Gasteiger partial charge on any atom is -0.496 e. The van der Waals surface area contributed by atoms with Gasteiger partial charge in [-0.2, -0.15) is 5.26 Å². The predicted octanol–water partition coefficient (Wildman–Crippen LogP) is 4.27. The van der Waals surface area contributed by atoms with Gasteiger partial charge in [0.25, 0.3) is 5.56 Å². The van der Waals surface area contributed by atoms with Gasteiger partial charge in [0.2, 0.25) is 5.78 Å². The van der Waals surface area contributed by atoms with Crippen molar-refractivity contribution in [1.29, 1.82) is 5.26 Å². The molecule has 5 aromatic rings. The van der Waals surface area contributed by atoms with Crippen molar-refractivity contribution in [2.24, 2.45) is 0 Å². The molecule has 3 aromatic carbocycles. The lowest BCUT2D eigenvalue weighted by atomic mass is 10.1. The number of methoxy groups -OCH3 is 1. The zero-order valence-corrected chi connectivity index (χ0v) is 18.6. The van der Waals surface area contributed by atoms with E-state index in [2.05, 4.69) is 16.3 Å². The second-order valence-corrected chi connectivity index (χ2v) is 8.34. The number of para-hydroxylation sites is 2.